The smallest absolute Gasteiger partial charge is 0.306 e. The largest absolute Gasteiger partial charge is 0.481 e. The standard InChI is InChI=1S/C47H94N4O3S/c1-5-8-11-14-17-26-33-43-53-45(48)37-29-22-18-24-31-40-51(42-34-39-50-47(55)49-4)41-32-25-19-23-30-38-46(52)54-44(35-27-20-15-12-9-6-2)36-28-21-16-13-10-7-3/h44,48H,5-43H2,1-4H3,(H2,49,50,55). The molecule has 0 aromatic rings. The summed E-state index contributed by atoms with van der Waals surface area (Å²) in [4.78, 5) is 15.4. The van der Waals surface area contributed by atoms with Crippen LogP contribution in [0.15, 0.2) is 0 Å². The van der Waals surface area contributed by atoms with Gasteiger partial charge in [0, 0.05) is 26.4 Å². The minimum Gasteiger partial charge on any atom is -0.481 e. The first kappa shape index (κ1) is 53.6. The maximum absolute atomic E-state index is 12.8. The van der Waals surface area contributed by atoms with Crippen molar-refractivity contribution in [2.45, 2.75) is 245 Å². The van der Waals surface area contributed by atoms with Gasteiger partial charge in [-0.05, 0) is 96.1 Å². The van der Waals surface area contributed by atoms with Crippen molar-refractivity contribution in [2.24, 2.45) is 0 Å². The van der Waals surface area contributed by atoms with Gasteiger partial charge in [-0.15, -0.1) is 0 Å². The molecule has 7 nitrogen and oxygen atoms in total. The molecule has 0 saturated carbocycles. The molecule has 0 spiro atoms. The van der Waals surface area contributed by atoms with E-state index >= 15 is 0 Å². The molecular formula is C47H94N4O3S. The zero-order chi connectivity index (χ0) is 40.3. The summed E-state index contributed by atoms with van der Waals surface area (Å²) in [5.41, 5.74) is 0. The van der Waals surface area contributed by atoms with Gasteiger partial charge in [0.25, 0.3) is 0 Å². The van der Waals surface area contributed by atoms with Gasteiger partial charge in [0.05, 0.1) is 6.61 Å². The summed E-state index contributed by atoms with van der Waals surface area (Å²) < 4.78 is 11.7. The molecule has 0 atom stereocenters. The fraction of sp³-hybridized carbons (Fsp3) is 0.936. The van der Waals surface area contributed by atoms with Gasteiger partial charge < -0.3 is 25.0 Å². The molecule has 0 heterocycles. The molecule has 0 amide bonds. The number of hydrogen-bond acceptors (Lipinski definition) is 6. The van der Waals surface area contributed by atoms with Crippen molar-refractivity contribution in [3.8, 4) is 0 Å². The lowest BCUT2D eigenvalue weighted by atomic mass is 10.0. The molecule has 0 rings (SSSR count). The molecule has 0 radical (unpaired) electrons. The first-order chi connectivity index (χ1) is 27.0. The van der Waals surface area contributed by atoms with Gasteiger partial charge in [0.1, 0.15) is 6.10 Å². The van der Waals surface area contributed by atoms with Gasteiger partial charge in [0.2, 0.25) is 0 Å². The second-order valence-electron chi connectivity index (χ2n) is 16.4. The monoisotopic (exact) mass is 795 g/mol. The van der Waals surface area contributed by atoms with E-state index in [-0.39, 0.29) is 12.1 Å². The van der Waals surface area contributed by atoms with Crippen LogP contribution in [0.25, 0.3) is 0 Å². The Balaban J connectivity index is 4.29. The third kappa shape index (κ3) is 40.6. The highest BCUT2D eigenvalue weighted by atomic mass is 32.1. The quantitative estimate of drug-likeness (QED) is 0.0186. The predicted octanol–water partition coefficient (Wildman–Crippen LogP) is 13.6. The molecular weight excluding hydrogens is 701 g/mol. The number of esters is 1. The van der Waals surface area contributed by atoms with E-state index in [1.165, 1.54) is 161 Å². The van der Waals surface area contributed by atoms with Crippen LogP contribution < -0.4 is 10.6 Å². The molecule has 0 saturated heterocycles. The van der Waals surface area contributed by atoms with Gasteiger partial charge in [-0.25, -0.2) is 0 Å². The number of carbonyl (C=O) groups excluding carboxylic acids is 1. The highest BCUT2D eigenvalue weighted by molar-refractivity contribution is 7.80. The minimum absolute atomic E-state index is 0.0323. The number of unbranched alkanes of at least 4 members (excludes halogenated alkanes) is 24. The number of nitrogens with one attached hydrogen (secondary N) is 3. The van der Waals surface area contributed by atoms with E-state index in [2.05, 4.69) is 36.3 Å². The van der Waals surface area contributed by atoms with Crippen LogP contribution in [0, 0.1) is 5.41 Å². The van der Waals surface area contributed by atoms with Crippen molar-refractivity contribution >= 4 is 29.2 Å². The lowest BCUT2D eigenvalue weighted by Gasteiger charge is -2.22. The average Bonchev–Trinajstić information content (AvgIpc) is 3.18. The van der Waals surface area contributed by atoms with Crippen LogP contribution in [0.1, 0.15) is 239 Å². The van der Waals surface area contributed by atoms with E-state index in [1.54, 1.807) is 0 Å². The second-order valence-corrected chi connectivity index (χ2v) is 16.8. The Morgan fingerprint density at radius 2 is 0.982 bits per heavy atom. The SMILES string of the molecule is CCCCCCCCCOC(=N)CCCCCCCN(CCCCCCCC(=O)OC(CCCCCCCC)CCCCCCCC)CCCNC(=S)NC. The van der Waals surface area contributed by atoms with Gasteiger partial charge in [0.15, 0.2) is 11.0 Å². The summed E-state index contributed by atoms with van der Waals surface area (Å²) in [6.45, 7) is 11.8. The molecule has 0 bridgehead atoms. The fourth-order valence-electron chi connectivity index (χ4n) is 7.35. The highest BCUT2D eigenvalue weighted by Crippen LogP contribution is 2.18. The molecule has 0 aliphatic heterocycles. The molecule has 8 heteroatoms. The summed E-state index contributed by atoms with van der Waals surface area (Å²) in [6, 6.07) is 0. The van der Waals surface area contributed by atoms with Gasteiger partial charge in [-0.1, -0.05) is 162 Å². The molecule has 0 unspecified atom stereocenters. The van der Waals surface area contributed by atoms with Crippen molar-refractivity contribution in [2.75, 3.05) is 39.8 Å². The maximum atomic E-state index is 12.8. The Morgan fingerprint density at radius 3 is 1.49 bits per heavy atom. The Labute approximate surface area is 348 Å². The van der Waals surface area contributed by atoms with Crippen molar-refractivity contribution in [1.82, 2.24) is 15.5 Å². The van der Waals surface area contributed by atoms with Crippen LogP contribution in [-0.4, -0.2) is 67.8 Å². The van der Waals surface area contributed by atoms with Gasteiger partial charge in [-0.2, -0.15) is 0 Å². The fourth-order valence-corrected chi connectivity index (χ4v) is 7.46. The number of hydrogen-bond donors (Lipinski definition) is 3. The number of thiocarbonyl (C=S) groups is 1. The summed E-state index contributed by atoms with van der Waals surface area (Å²) in [7, 11) is 1.86. The van der Waals surface area contributed by atoms with Gasteiger partial charge in [-0.3, -0.25) is 10.2 Å². The normalized spacial score (nSPS) is 11.4. The van der Waals surface area contributed by atoms with Crippen LogP contribution >= 0.6 is 12.2 Å². The first-order valence-electron chi connectivity index (χ1n) is 24.0. The highest BCUT2D eigenvalue weighted by Gasteiger charge is 2.14. The Bertz CT molecular complexity index is 829. The molecule has 0 aromatic carbocycles. The predicted molar refractivity (Wildman–Crippen MR) is 244 cm³/mol. The summed E-state index contributed by atoms with van der Waals surface area (Å²) in [5, 5.41) is 15.1. The topological polar surface area (TPSA) is 86.7 Å². The summed E-state index contributed by atoms with van der Waals surface area (Å²) in [6.07, 6.45) is 40.7. The van der Waals surface area contributed by atoms with E-state index in [9.17, 15) is 4.79 Å². The Hall–Kier alpha value is -1.41. The molecule has 3 N–H and O–H groups in total. The van der Waals surface area contributed by atoms with E-state index in [1.807, 2.05) is 7.05 Å². The summed E-state index contributed by atoms with van der Waals surface area (Å²) in [5.74, 6) is 0.514. The summed E-state index contributed by atoms with van der Waals surface area (Å²) >= 11 is 5.26. The molecule has 55 heavy (non-hydrogen) atoms. The number of carbonyl (C=O) groups is 1. The van der Waals surface area contributed by atoms with E-state index in [0.29, 0.717) is 18.9 Å². The van der Waals surface area contributed by atoms with Crippen molar-refractivity contribution in [3.05, 3.63) is 0 Å². The Morgan fingerprint density at radius 1 is 0.564 bits per heavy atom. The van der Waals surface area contributed by atoms with E-state index < -0.39 is 0 Å². The van der Waals surface area contributed by atoms with Crippen LogP contribution in [-0.2, 0) is 14.3 Å². The molecule has 0 fully saturated rings. The van der Waals surface area contributed by atoms with Gasteiger partial charge >= 0.3 is 5.97 Å². The maximum Gasteiger partial charge on any atom is 0.306 e. The molecule has 0 aliphatic carbocycles. The first-order valence-corrected chi connectivity index (χ1v) is 24.4. The van der Waals surface area contributed by atoms with E-state index in [0.717, 1.165) is 82.7 Å². The number of ether oxygens (including phenoxy) is 2. The lowest BCUT2D eigenvalue weighted by Crippen LogP contribution is -2.35. The third-order valence-corrected chi connectivity index (χ3v) is 11.3. The number of nitrogens with zero attached hydrogens (tertiary/aromatic N) is 1. The van der Waals surface area contributed by atoms with Crippen LogP contribution in [0.4, 0.5) is 0 Å². The Kier molecular flexibility index (Phi) is 42.6. The number of rotatable bonds is 43. The van der Waals surface area contributed by atoms with Crippen LogP contribution in [0.3, 0.4) is 0 Å². The third-order valence-electron chi connectivity index (χ3n) is 11.0. The zero-order valence-electron chi connectivity index (χ0n) is 37.2. The molecule has 326 valence electrons. The molecule has 0 aliphatic rings. The minimum atomic E-state index is 0.0323. The molecule has 0 aromatic heterocycles. The zero-order valence-corrected chi connectivity index (χ0v) is 38.1. The van der Waals surface area contributed by atoms with Crippen molar-refractivity contribution in [1.29, 1.82) is 5.41 Å². The van der Waals surface area contributed by atoms with Crippen molar-refractivity contribution in [3.63, 3.8) is 0 Å². The van der Waals surface area contributed by atoms with E-state index in [4.69, 9.17) is 27.1 Å². The average molecular weight is 795 g/mol. The van der Waals surface area contributed by atoms with Crippen LogP contribution in [0.5, 0.6) is 0 Å². The lowest BCUT2D eigenvalue weighted by molar-refractivity contribution is -0.150. The van der Waals surface area contributed by atoms with Crippen LogP contribution in [0.2, 0.25) is 0 Å². The van der Waals surface area contributed by atoms with Crippen molar-refractivity contribution < 1.29 is 14.3 Å². The second kappa shape index (κ2) is 43.7.